The van der Waals surface area contributed by atoms with Crippen molar-refractivity contribution in [2.24, 2.45) is 0 Å². The van der Waals surface area contributed by atoms with E-state index in [0.717, 1.165) is 32.4 Å². The van der Waals surface area contributed by atoms with Gasteiger partial charge in [-0.2, -0.15) is 0 Å². The van der Waals surface area contributed by atoms with Crippen molar-refractivity contribution in [2.45, 2.75) is 65.0 Å². The molecule has 0 radical (unpaired) electrons. The van der Waals surface area contributed by atoms with E-state index in [-0.39, 0.29) is 0 Å². The summed E-state index contributed by atoms with van der Waals surface area (Å²) in [7, 11) is 0. The van der Waals surface area contributed by atoms with Gasteiger partial charge in [-0.15, -0.1) is 0 Å². The van der Waals surface area contributed by atoms with E-state index in [1.54, 1.807) is 0 Å². The lowest BCUT2D eigenvalue weighted by Crippen LogP contribution is -2.21. The van der Waals surface area contributed by atoms with Gasteiger partial charge in [-0.3, -0.25) is 0 Å². The first-order chi connectivity index (χ1) is 9.31. The largest absolute Gasteiger partial charge is 0.396 e. The molecule has 0 aliphatic carbocycles. The molecule has 0 fully saturated rings. The minimum atomic E-state index is 0.316. The fourth-order valence-corrected chi connectivity index (χ4v) is 2.38. The number of hydrogen-bond donors (Lipinski definition) is 2. The number of aromatic nitrogens is 1. The second-order valence-electron chi connectivity index (χ2n) is 5.26. The highest BCUT2D eigenvalue weighted by atomic mass is 16.2. The van der Waals surface area contributed by atoms with Gasteiger partial charge >= 0.3 is 0 Å². The van der Waals surface area contributed by atoms with Gasteiger partial charge in [-0.05, 0) is 50.3 Å². The summed E-state index contributed by atoms with van der Waals surface area (Å²) in [5.74, 6) is 0. The molecule has 2 N–H and O–H groups in total. The molecule has 0 amide bonds. The molecule has 0 saturated heterocycles. The third-order valence-electron chi connectivity index (χ3n) is 3.47. The Morgan fingerprint density at radius 3 is 2.74 bits per heavy atom. The predicted octanol–water partition coefficient (Wildman–Crippen LogP) is 3.49. The van der Waals surface area contributed by atoms with E-state index in [9.17, 15) is 0 Å². The van der Waals surface area contributed by atoms with Crippen LogP contribution in [0.4, 0.5) is 0 Å². The number of rotatable bonds is 11. The lowest BCUT2D eigenvalue weighted by atomic mass is 10.1. The van der Waals surface area contributed by atoms with Crippen LogP contribution in [0.2, 0.25) is 0 Å². The van der Waals surface area contributed by atoms with Crippen molar-refractivity contribution < 1.29 is 5.11 Å². The quantitative estimate of drug-likeness (QED) is 0.602. The summed E-state index contributed by atoms with van der Waals surface area (Å²) >= 11 is 0. The van der Waals surface area contributed by atoms with Crippen molar-refractivity contribution in [2.75, 3.05) is 13.2 Å². The molecule has 1 unspecified atom stereocenters. The first-order valence-electron chi connectivity index (χ1n) is 7.81. The van der Waals surface area contributed by atoms with Gasteiger partial charge in [-0.1, -0.05) is 20.3 Å². The molecule has 3 heteroatoms. The maximum absolute atomic E-state index is 8.77. The normalized spacial score (nSPS) is 12.8. The number of aliphatic hydroxyl groups excluding tert-OH is 1. The van der Waals surface area contributed by atoms with Crippen molar-refractivity contribution in [3.63, 3.8) is 0 Å². The Hall–Kier alpha value is -0.800. The Kier molecular flexibility index (Phi) is 8.59. The number of aliphatic hydroxyl groups is 1. The maximum atomic E-state index is 8.77. The zero-order valence-electron chi connectivity index (χ0n) is 12.6. The minimum absolute atomic E-state index is 0.316. The van der Waals surface area contributed by atoms with Crippen molar-refractivity contribution in [3.8, 4) is 0 Å². The maximum Gasteiger partial charge on any atom is 0.0431 e. The summed E-state index contributed by atoms with van der Waals surface area (Å²) in [4.78, 5) is 0. The molecular weight excluding hydrogens is 236 g/mol. The summed E-state index contributed by atoms with van der Waals surface area (Å²) in [6.07, 6.45) is 11.2. The van der Waals surface area contributed by atoms with Crippen LogP contribution >= 0.6 is 0 Å². The fraction of sp³-hybridized carbons (Fsp3) is 0.750. The van der Waals surface area contributed by atoms with Gasteiger partial charge in [0.2, 0.25) is 0 Å². The first kappa shape index (κ1) is 16.3. The second kappa shape index (κ2) is 10.0. The Balaban J connectivity index is 2.44. The van der Waals surface area contributed by atoms with Crippen LogP contribution in [-0.2, 0) is 6.54 Å². The highest BCUT2D eigenvalue weighted by molar-refractivity contribution is 5.15. The molecule has 0 aromatic carbocycles. The Morgan fingerprint density at radius 2 is 2.05 bits per heavy atom. The van der Waals surface area contributed by atoms with Gasteiger partial charge in [0.1, 0.15) is 0 Å². The molecule has 1 rings (SSSR count). The van der Waals surface area contributed by atoms with Gasteiger partial charge in [0.05, 0.1) is 0 Å². The monoisotopic (exact) mass is 266 g/mol. The van der Waals surface area contributed by atoms with E-state index in [4.69, 9.17) is 5.11 Å². The molecule has 1 atom stereocenters. The topological polar surface area (TPSA) is 37.2 Å². The van der Waals surface area contributed by atoms with Crippen LogP contribution in [0.25, 0.3) is 0 Å². The lowest BCUT2D eigenvalue weighted by Gasteiger charge is -2.16. The van der Waals surface area contributed by atoms with Gasteiger partial charge in [0.25, 0.3) is 0 Å². The number of unbranched alkanes of at least 4 members (excludes halogenated alkanes) is 2. The van der Waals surface area contributed by atoms with Crippen molar-refractivity contribution in [1.82, 2.24) is 9.88 Å². The third-order valence-corrected chi connectivity index (χ3v) is 3.47. The van der Waals surface area contributed by atoms with Gasteiger partial charge in [0.15, 0.2) is 0 Å². The van der Waals surface area contributed by atoms with Gasteiger partial charge < -0.3 is 15.0 Å². The first-order valence-corrected chi connectivity index (χ1v) is 7.81. The van der Waals surface area contributed by atoms with Gasteiger partial charge in [0, 0.05) is 31.6 Å². The summed E-state index contributed by atoms with van der Waals surface area (Å²) in [5.41, 5.74) is 1.41. The van der Waals surface area contributed by atoms with E-state index in [2.05, 4.69) is 42.2 Å². The van der Waals surface area contributed by atoms with Crippen LogP contribution in [0, 0.1) is 0 Å². The smallest absolute Gasteiger partial charge is 0.0431 e. The zero-order valence-corrected chi connectivity index (χ0v) is 12.6. The molecule has 3 nitrogen and oxygen atoms in total. The minimum Gasteiger partial charge on any atom is -0.396 e. The van der Waals surface area contributed by atoms with Crippen LogP contribution in [0.5, 0.6) is 0 Å². The van der Waals surface area contributed by atoms with E-state index < -0.39 is 0 Å². The SMILES string of the molecule is CCCNC(CCC)c1ccn(CCCCCO)c1. The molecule has 0 bridgehead atoms. The second-order valence-corrected chi connectivity index (χ2v) is 5.26. The van der Waals surface area contributed by atoms with Crippen LogP contribution in [-0.4, -0.2) is 22.8 Å². The van der Waals surface area contributed by atoms with Crippen LogP contribution in [0.3, 0.4) is 0 Å². The third kappa shape index (κ3) is 6.26. The molecule has 0 aliphatic rings. The van der Waals surface area contributed by atoms with Crippen LogP contribution in [0.1, 0.15) is 64.0 Å². The predicted molar refractivity (Wildman–Crippen MR) is 81.3 cm³/mol. The average Bonchev–Trinajstić information content (AvgIpc) is 2.88. The van der Waals surface area contributed by atoms with E-state index >= 15 is 0 Å². The zero-order chi connectivity index (χ0) is 13.9. The molecule has 1 aromatic rings. The molecule has 1 aromatic heterocycles. The molecule has 0 aliphatic heterocycles. The summed E-state index contributed by atoms with van der Waals surface area (Å²) in [6.45, 7) is 6.92. The summed E-state index contributed by atoms with van der Waals surface area (Å²) < 4.78 is 2.28. The molecular formula is C16H30N2O. The Labute approximate surface area is 118 Å². The lowest BCUT2D eigenvalue weighted by molar-refractivity contribution is 0.282. The van der Waals surface area contributed by atoms with E-state index in [1.807, 2.05) is 0 Å². The van der Waals surface area contributed by atoms with Crippen LogP contribution < -0.4 is 5.32 Å². The number of nitrogens with one attached hydrogen (secondary N) is 1. The average molecular weight is 266 g/mol. The Bertz CT molecular complexity index is 322. The fourth-order valence-electron chi connectivity index (χ4n) is 2.38. The highest BCUT2D eigenvalue weighted by Gasteiger charge is 2.10. The molecule has 0 saturated carbocycles. The molecule has 0 spiro atoms. The molecule has 110 valence electrons. The van der Waals surface area contributed by atoms with Gasteiger partial charge in [-0.25, -0.2) is 0 Å². The van der Waals surface area contributed by atoms with Crippen LogP contribution in [0.15, 0.2) is 18.5 Å². The molecule has 1 heterocycles. The standard InChI is InChI=1S/C16H30N2O/c1-3-8-16(17-10-4-2)15-9-12-18(14-15)11-6-5-7-13-19/h9,12,14,16-17,19H,3-8,10-11,13H2,1-2H3. The van der Waals surface area contributed by atoms with Crippen molar-refractivity contribution >= 4 is 0 Å². The number of nitrogens with zero attached hydrogens (tertiary/aromatic N) is 1. The van der Waals surface area contributed by atoms with E-state index in [1.165, 1.54) is 24.8 Å². The molecule has 19 heavy (non-hydrogen) atoms. The van der Waals surface area contributed by atoms with Crippen molar-refractivity contribution in [1.29, 1.82) is 0 Å². The van der Waals surface area contributed by atoms with E-state index in [0.29, 0.717) is 12.6 Å². The highest BCUT2D eigenvalue weighted by Crippen LogP contribution is 2.19. The number of hydrogen-bond acceptors (Lipinski definition) is 2. The number of aryl methyl sites for hydroxylation is 1. The van der Waals surface area contributed by atoms with Crippen molar-refractivity contribution in [3.05, 3.63) is 24.0 Å². The summed E-state index contributed by atoms with van der Waals surface area (Å²) in [6, 6.07) is 2.75. The Morgan fingerprint density at radius 1 is 1.21 bits per heavy atom. The summed E-state index contributed by atoms with van der Waals surface area (Å²) in [5, 5.41) is 12.4.